The fourth-order valence-electron chi connectivity index (χ4n) is 2.71. The normalized spacial score (nSPS) is 19.1. The predicted molar refractivity (Wildman–Crippen MR) is 95.5 cm³/mol. The average molecular weight is 431 g/mol. The number of nitrogens with one attached hydrogen (secondary N) is 1. The third kappa shape index (κ3) is 4.33. The predicted octanol–water partition coefficient (Wildman–Crippen LogP) is 2.21. The first-order valence-corrected chi connectivity index (χ1v) is 8.83. The van der Waals surface area contributed by atoms with Crippen molar-refractivity contribution in [1.82, 2.24) is 15.2 Å². The van der Waals surface area contributed by atoms with E-state index in [1.54, 1.807) is 26.2 Å². The Labute approximate surface area is 150 Å². The van der Waals surface area contributed by atoms with Crippen molar-refractivity contribution >= 4 is 34.4 Å². The number of carbonyl (C=O) groups is 2. The molecule has 0 aromatic carbocycles. The lowest BCUT2D eigenvalue weighted by Crippen LogP contribution is -2.51. The molecule has 0 spiro atoms. The minimum absolute atomic E-state index is 0.0336. The third-order valence-corrected chi connectivity index (χ3v) is 4.84. The maximum atomic E-state index is 12.5. The van der Waals surface area contributed by atoms with Gasteiger partial charge in [-0.15, -0.1) is 0 Å². The Bertz CT molecular complexity index is 594. The number of piperidine rings is 1. The van der Waals surface area contributed by atoms with Gasteiger partial charge in [0.05, 0.1) is 7.11 Å². The van der Waals surface area contributed by atoms with Gasteiger partial charge >= 0.3 is 0 Å². The maximum Gasteiger partial charge on any atom is 0.270 e. The van der Waals surface area contributed by atoms with Gasteiger partial charge < -0.3 is 15.0 Å². The van der Waals surface area contributed by atoms with Crippen LogP contribution >= 0.6 is 22.6 Å². The second kappa shape index (κ2) is 7.94. The Kier molecular flexibility index (Phi) is 6.20. The molecule has 1 aromatic rings. The van der Waals surface area contributed by atoms with Gasteiger partial charge in [0, 0.05) is 12.6 Å². The minimum atomic E-state index is -0.565. The molecule has 0 bridgehead atoms. The van der Waals surface area contributed by atoms with Crippen molar-refractivity contribution in [3.05, 3.63) is 21.5 Å². The first-order chi connectivity index (χ1) is 10.9. The molecule has 1 aliphatic heterocycles. The molecule has 1 N–H and O–H groups in total. The Morgan fingerprint density at radius 3 is 2.78 bits per heavy atom. The fraction of sp³-hybridized carbons (Fsp3) is 0.562. The van der Waals surface area contributed by atoms with E-state index in [4.69, 9.17) is 4.74 Å². The van der Waals surface area contributed by atoms with Crippen LogP contribution < -0.4 is 10.1 Å². The molecular formula is C16H22IN3O3. The summed E-state index contributed by atoms with van der Waals surface area (Å²) in [7, 11) is 1.56. The zero-order valence-corrected chi connectivity index (χ0v) is 15.8. The van der Waals surface area contributed by atoms with Crippen LogP contribution in [0.1, 0.15) is 43.6 Å². The lowest BCUT2D eigenvalue weighted by Gasteiger charge is -2.35. The van der Waals surface area contributed by atoms with Crippen LogP contribution in [0, 0.1) is 3.70 Å². The molecule has 0 radical (unpaired) electrons. The van der Waals surface area contributed by atoms with Gasteiger partial charge in [-0.05, 0) is 67.8 Å². The number of hydrogen-bond acceptors (Lipinski definition) is 4. The van der Waals surface area contributed by atoms with Crippen molar-refractivity contribution in [3.8, 4) is 5.75 Å². The van der Waals surface area contributed by atoms with Gasteiger partial charge in [-0.1, -0.05) is 0 Å². The number of halogens is 1. The zero-order valence-electron chi connectivity index (χ0n) is 13.6. The van der Waals surface area contributed by atoms with Crippen LogP contribution in [0.25, 0.3) is 0 Å². The van der Waals surface area contributed by atoms with Gasteiger partial charge in [0.2, 0.25) is 5.91 Å². The molecular weight excluding hydrogens is 409 g/mol. The van der Waals surface area contributed by atoms with Crippen molar-refractivity contribution in [1.29, 1.82) is 0 Å². The Morgan fingerprint density at radius 1 is 1.43 bits per heavy atom. The number of amides is 2. The summed E-state index contributed by atoms with van der Waals surface area (Å²) < 4.78 is 5.74. The number of likely N-dealkylation sites (tertiary alicyclic amines) is 1. The Balaban J connectivity index is 2.01. The lowest BCUT2D eigenvalue weighted by atomic mass is 10.0. The van der Waals surface area contributed by atoms with Crippen LogP contribution in [0.3, 0.4) is 0 Å². The molecule has 0 saturated carbocycles. The summed E-state index contributed by atoms with van der Waals surface area (Å²) in [5, 5.41) is 2.74. The van der Waals surface area contributed by atoms with E-state index in [9.17, 15) is 9.59 Å². The van der Waals surface area contributed by atoms with Crippen molar-refractivity contribution in [2.45, 2.75) is 45.2 Å². The van der Waals surface area contributed by atoms with E-state index >= 15 is 0 Å². The van der Waals surface area contributed by atoms with Crippen molar-refractivity contribution in [2.75, 3.05) is 13.7 Å². The van der Waals surface area contributed by atoms with E-state index in [0.29, 0.717) is 9.45 Å². The molecule has 126 valence electrons. The number of carbonyl (C=O) groups excluding carboxylic acids is 2. The molecule has 2 heterocycles. The fourth-order valence-corrected chi connectivity index (χ4v) is 3.37. The molecule has 1 aliphatic rings. The van der Waals surface area contributed by atoms with Gasteiger partial charge in [-0.25, -0.2) is 4.98 Å². The van der Waals surface area contributed by atoms with Crippen LogP contribution in [0.5, 0.6) is 5.75 Å². The number of nitrogens with zero attached hydrogens (tertiary/aromatic N) is 2. The smallest absolute Gasteiger partial charge is 0.270 e. The number of pyridine rings is 1. The number of aromatic nitrogens is 1. The van der Waals surface area contributed by atoms with Crippen LogP contribution in [0.15, 0.2) is 12.1 Å². The quantitative estimate of drug-likeness (QED) is 0.587. The van der Waals surface area contributed by atoms with Gasteiger partial charge in [-0.3, -0.25) is 9.59 Å². The largest absolute Gasteiger partial charge is 0.494 e. The van der Waals surface area contributed by atoms with E-state index in [2.05, 4.69) is 17.2 Å². The number of ether oxygens (including phenoxy) is 1. The molecule has 2 rings (SSSR count). The average Bonchev–Trinajstić information content (AvgIpc) is 2.54. The topological polar surface area (TPSA) is 71.5 Å². The third-order valence-electron chi connectivity index (χ3n) is 4.07. The highest BCUT2D eigenvalue weighted by Gasteiger charge is 2.28. The SMILES string of the molecule is COc1ccc(C(=O)N[C@@H](C)C(=O)N2CCCC[C@H]2C)nc1I. The minimum Gasteiger partial charge on any atom is -0.494 e. The standard InChI is InChI=1S/C16H22IN3O3/c1-10-6-4-5-9-20(10)16(22)11(2)18-15(21)12-7-8-13(23-3)14(17)19-12/h7-8,10-11H,4-6,9H2,1-3H3,(H,18,21)/t10-,11+/m1/s1. The van der Waals surface area contributed by atoms with E-state index in [1.807, 2.05) is 27.5 Å². The first-order valence-electron chi connectivity index (χ1n) is 7.76. The molecule has 1 saturated heterocycles. The van der Waals surface area contributed by atoms with Crippen molar-refractivity contribution < 1.29 is 14.3 Å². The summed E-state index contributed by atoms with van der Waals surface area (Å²) in [5.74, 6) is 0.234. The molecule has 2 atom stereocenters. The van der Waals surface area contributed by atoms with Gasteiger partial charge in [0.15, 0.2) is 5.75 Å². The van der Waals surface area contributed by atoms with Crippen LogP contribution in [0.2, 0.25) is 0 Å². The number of rotatable bonds is 4. The summed E-state index contributed by atoms with van der Waals surface area (Å²) >= 11 is 2.01. The van der Waals surface area contributed by atoms with Crippen molar-refractivity contribution in [3.63, 3.8) is 0 Å². The summed E-state index contributed by atoms with van der Waals surface area (Å²) in [6.07, 6.45) is 3.19. The second-order valence-corrected chi connectivity index (χ2v) is 6.78. The summed E-state index contributed by atoms with van der Waals surface area (Å²) in [5.41, 5.74) is 0.279. The molecule has 1 fully saturated rings. The number of hydrogen-bond donors (Lipinski definition) is 1. The van der Waals surface area contributed by atoms with Gasteiger partial charge in [0.25, 0.3) is 5.91 Å². The maximum absolute atomic E-state index is 12.5. The lowest BCUT2D eigenvalue weighted by molar-refractivity contribution is -0.136. The van der Waals surface area contributed by atoms with E-state index in [1.165, 1.54) is 0 Å². The highest BCUT2D eigenvalue weighted by atomic mass is 127. The molecule has 0 aliphatic carbocycles. The monoisotopic (exact) mass is 431 g/mol. The first kappa shape index (κ1) is 18.0. The molecule has 23 heavy (non-hydrogen) atoms. The zero-order chi connectivity index (χ0) is 17.0. The molecule has 0 unspecified atom stereocenters. The molecule has 2 amide bonds. The van der Waals surface area contributed by atoms with Crippen molar-refractivity contribution in [2.24, 2.45) is 0 Å². The Hall–Kier alpha value is -1.38. The summed E-state index contributed by atoms with van der Waals surface area (Å²) in [4.78, 5) is 30.9. The van der Waals surface area contributed by atoms with E-state index in [0.717, 1.165) is 25.8 Å². The van der Waals surface area contributed by atoms with Gasteiger partial charge in [0.1, 0.15) is 15.4 Å². The highest BCUT2D eigenvalue weighted by molar-refractivity contribution is 14.1. The van der Waals surface area contributed by atoms with Crippen LogP contribution in [0.4, 0.5) is 0 Å². The van der Waals surface area contributed by atoms with E-state index in [-0.39, 0.29) is 23.6 Å². The number of methoxy groups -OCH3 is 1. The molecule has 6 nitrogen and oxygen atoms in total. The molecule has 7 heteroatoms. The van der Waals surface area contributed by atoms with E-state index < -0.39 is 6.04 Å². The molecule has 1 aromatic heterocycles. The van der Waals surface area contributed by atoms with Crippen LogP contribution in [-0.2, 0) is 4.79 Å². The summed E-state index contributed by atoms with van der Waals surface area (Å²) in [6, 6.07) is 2.96. The summed E-state index contributed by atoms with van der Waals surface area (Å²) in [6.45, 7) is 4.54. The highest BCUT2D eigenvalue weighted by Crippen LogP contribution is 2.19. The Morgan fingerprint density at radius 2 is 2.17 bits per heavy atom. The van der Waals surface area contributed by atoms with Crippen LogP contribution in [-0.4, -0.2) is 47.4 Å². The van der Waals surface area contributed by atoms with Gasteiger partial charge in [-0.2, -0.15) is 0 Å². The second-order valence-electron chi connectivity index (χ2n) is 5.76.